The van der Waals surface area contributed by atoms with Crippen molar-refractivity contribution in [3.8, 4) is 22.9 Å². The van der Waals surface area contributed by atoms with E-state index in [9.17, 15) is 0 Å². The summed E-state index contributed by atoms with van der Waals surface area (Å²) in [6.45, 7) is 6.11. The topological polar surface area (TPSA) is 70.3 Å². The van der Waals surface area contributed by atoms with E-state index in [1.165, 1.54) is 0 Å². The fraction of sp³-hybridized carbons (Fsp3) is 0.375. The third kappa shape index (κ3) is 2.91. The zero-order valence-corrected chi connectivity index (χ0v) is 13.1. The summed E-state index contributed by atoms with van der Waals surface area (Å²) < 4.78 is 10.6. The number of methoxy groups -OCH3 is 2. The van der Waals surface area contributed by atoms with Gasteiger partial charge in [-0.2, -0.15) is 0 Å². The van der Waals surface area contributed by atoms with Crippen molar-refractivity contribution in [2.45, 2.75) is 26.7 Å². The smallest absolute Gasteiger partial charge is 0.165 e. The van der Waals surface area contributed by atoms with Crippen LogP contribution in [0.4, 0.5) is 5.82 Å². The Balaban J connectivity index is 2.57. The lowest BCUT2D eigenvalue weighted by Crippen LogP contribution is -2.07. The molecule has 2 aromatic rings. The second-order valence-electron chi connectivity index (χ2n) is 5.15. The number of rotatable bonds is 4. The number of benzene rings is 1. The minimum Gasteiger partial charge on any atom is -0.497 e. The summed E-state index contributed by atoms with van der Waals surface area (Å²) in [4.78, 5) is 9.01. The maximum Gasteiger partial charge on any atom is 0.165 e. The lowest BCUT2D eigenvalue weighted by Gasteiger charge is -2.15. The first-order chi connectivity index (χ1) is 9.97. The van der Waals surface area contributed by atoms with Crippen LogP contribution in [0.5, 0.6) is 11.5 Å². The summed E-state index contributed by atoms with van der Waals surface area (Å²) in [5.41, 5.74) is 8.77. The van der Waals surface area contributed by atoms with Crippen LogP contribution in [0.25, 0.3) is 11.4 Å². The van der Waals surface area contributed by atoms with Crippen LogP contribution < -0.4 is 15.2 Å². The lowest BCUT2D eigenvalue weighted by atomic mass is 10.0. The third-order valence-corrected chi connectivity index (χ3v) is 3.39. The number of anilines is 1. The standard InChI is InChI=1S/C16H21N3O2/c1-9(2)14-10(3)18-16(19-15(14)17)12-7-6-11(20-4)8-13(12)21-5/h6-9H,1-5H3,(H2,17,18,19). The molecule has 0 spiro atoms. The average Bonchev–Trinajstić information content (AvgIpc) is 2.45. The van der Waals surface area contributed by atoms with E-state index in [1.54, 1.807) is 20.3 Å². The van der Waals surface area contributed by atoms with E-state index in [4.69, 9.17) is 15.2 Å². The van der Waals surface area contributed by atoms with Gasteiger partial charge in [-0.05, 0) is 25.0 Å². The minimum absolute atomic E-state index is 0.289. The van der Waals surface area contributed by atoms with Gasteiger partial charge in [0.25, 0.3) is 0 Å². The molecular formula is C16H21N3O2. The zero-order chi connectivity index (χ0) is 15.6. The van der Waals surface area contributed by atoms with Crippen LogP contribution in [-0.4, -0.2) is 24.2 Å². The fourth-order valence-electron chi connectivity index (χ4n) is 2.42. The van der Waals surface area contributed by atoms with Crippen LogP contribution in [0, 0.1) is 6.92 Å². The van der Waals surface area contributed by atoms with Crippen molar-refractivity contribution >= 4 is 5.82 Å². The van der Waals surface area contributed by atoms with Gasteiger partial charge in [-0.25, -0.2) is 9.97 Å². The van der Waals surface area contributed by atoms with Crippen molar-refractivity contribution in [2.75, 3.05) is 20.0 Å². The molecule has 0 fully saturated rings. The number of nitrogen functional groups attached to an aromatic ring is 1. The molecule has 1 aromatic carbocycles. The molecule has 0 atom stereocenters. The first kappa shape index (κ1) is 15.1. The van der Waals surface area contributed by atoms with Crippen molar-refractivity contribution in [1.82, 2.24) is 9.97 Å². The second-order valence-corrected chi connectivity index (χ2v) is 5.15. The summed E-state index contributed by atoms with van der Waals surface area (Å²) in [6.07, 6.45) is 0. The summed E-state index contributed by atoms with van der Waals surface area (Å²) in [7, 11) is 3.22. The minimum atomic E-state index is 0.289. The Morgan fingerprint density at radius 3 is 2.33 bits per heavy atom. The number of nitrogens with zero attached hydrogens (tertiary/aromatic N) is 2. The monoisotopic (exact) mass is 287 g/mol. The Morgan fingerprint density at radius 2 is 1.81 bits per heavy atom. The van der Waals surface area contributed by atoms with Gasteiger partial charge in [0, 0.05) is 17.3 Å². The molecule has 5 heteroatoms. The van der Waals surface area contributed by atoms with Gasteiger partial charge in [0.2, 0.25) is 0 Å². The second kappa shape index (κ2) is 5.99. The number of aryl methyl sites for hydroxylation is 1. The van der Waals surface area contributed by atoms with Crippen molar-refractivity contribution in [3.63, 3.8) is 0 Å². The van der Waals surface area contributed by atoms with Gasteiger partial charge in [0.05, 0.1) is 19.8 Å². The van der Waals surface area contributed by atoms with Crippen LogP contribution in [0.15, 0.2) is 18.2 Å². The first-order valence-corrected chi connectivity index (χ1v) is 6.84. The molecule has 0 saturated carbocycles. The van der Waals surface area contributed by atoms with E-state index in [2.05, 4.69) is 23.8 Å². The molecule has 1 aromatic heterocycles. The van der Waals surface area contributed by atoms with Gasteiger partial charge < -0.3 is 15.2 Å². The van der Waals surface area contributed by atoms with Gasteiger partial charge in [-0.15, -0.1) is 0 Å². The van der Waals surface area contributed by atoms with E-state index < -0.39 is 0 Å². The zero-order valence-electron chi connectivity index (χ0n) is 13.1. The van der Waals surface area contributed by atoms with E-state index in [0.29, 0.717) is 17.4 Å². The van der Waals surface area contributed by atoms with Gasteiger partial charge >= 0.3 is 0 Å². The predicted octanol–water partition coefficient (Wildman–Crippen LogP) is 3.17. The number of ether oxygens (including phenoxy) is 2. The van der Waals surface area contributed by atoms with Crippen molar-refractivity contribution in [3.05, 3.63) is 29.5 Å². The Hall–Kier alpha value is -2.30. The van der Waals surface area contributed by atoms with E-state index in [1.807, 2.05) is 19.1 Å². The number of hydrogen-bond donors (Lipinski definition) is 1. The van der Waals surface area contributed by atoms with Crippen LogP contribution in [0.2, 0.25) is 0 Å². The Kier molecular flexibility index (Phi) is 4.31. The Morgan fingerprint density at radius 1 is 1.10 bits per heavy atom. The Bertz CT molecular complexity index is 631. The molecular weight excluding hydrogens is 266 g/mol. The molecule has 0 saturated heterocycles. The van der Waals surface area contributed by atoms with E-state index in [-0.39, 0.29) is 5.92 Å². The highest BCUT2D eigenvalue weighted by Crippen LogP contribution is 2.33. The molecule has 0 aliphatic rings. The Labute approximate surface area is 125 Å². The van der Waals surface area contributed by atoms with Crippen molar-refractivity contribution < 1.29 is 9.47 Å². The maximum atomic E-state index is 6.09. The predicted molar refractivity (Wildman–Crippen MR) is 83.8 cm³/mol. The number of nitrogens with two attached hydrogens (primary N) is 1. The molecule has 2 N–H and O–H groups in total. The molecule has 0 aliphatic carbocycles. The summed E-state index contributed by atoms with van der Waals surface area (Å²) in [5, 5.41) is 0. The van der Waals surface area contributed by atoms with Crippen LogP contribution in [-0.2, 0) is 0 Å². The van der Waals surface area contributed by atoms with Crippen molar-refractivity contribution in [2.24, 2.45) is 0 Å². The molecule has 0 unspecified atom stereocenters. The van der Waals surface area contributed by atoms with Crippen LogP contribution >= 0.6 is 0 Å². The molecule has 2 rings (SSSR count). The van der Waals surface area contributed by atoms with Gasteiger partial charge in [0.1, 0.15) is 17.3 Å². The molecule has 0 amide bonds. The maximum absolute atomic E-state index is 6.09. The molecule has 5 nitrogen and oxygen atoms in total. The summed E-state index contributed by atoms with van der Waals surface area (Å²) >= 11 is 0. The van der Waals surface area contributed by atoms with Crippen molar-refractivity contribution in [1.29, 1.82) is 0 Å². The third-order valence-electron chi connectivity index (χ3n) is 3.39. The molecule has 21 heavy (non-hydrogen) atoms. The quantitative estimate of drug-likeness (QED) is 0.935. The molecule has 112 valence electrons. The van der Waals surface area contributed by atoms with Gasteiger partial charge in [0.15, 0.2) is 5.82 Å². The number of aromatic nitrogens is 2. The largest absolute Gasteiger partial charge is 0.497 e. The molecule has 0 bridgehead atoms. The fourth-order valence-corrected chi connectivity index (χ4v) is 2.42. The lowest BCUT2D eigenvalue weighted by molar-refractivity contribution is 0.395. The van der Waals surface area contributed by atoms with E-state index in [0.717, 1.165) is 22.6 Å². The number of hydrogen-bond acceptors (Lipinski definition) is 5. The molecule has 0 aliphatic heterocycles. The highest BCUT2D eigenvalue weighted by atomic mass is 16.5. The average molecular weight is 287 g/mol. The summed E-state index contributed by atoms with van der Waals surface area (Å²) in [6, 6.07) is 5.53. The summed E-state index contributed by atoms with van der Waals surface area (Å²) in [5.74, 6) is 2.75. The van der Waals surface area contributed by atoms with Gasteiger partial charge in [-0.1, -0.05) is 13.8 Å². The SMILES string of the molecule is COc1ccc(-c2nc(C)c(C(C)C)c(N)n2)c(OC)c1. The van der Waals surface area contributed by atoms with E-state index >= 15 is 0 Å². The molecule has 0 radical (unpaired) electrons. The highest BCUT2D eigenvalue weighted by Gasteiger charge is 2.16. The molecule has 1 heterocycles. The normalized spacial score (nSPS) is 10.8. The van der Waals surface area contributed by atoms with Gasteiger partial charge in [-0.3, -0.25) is 0 Å². The van der Waals surface area contributed by atoms with Crippen LogP contribution in [0.3, 0.4) is 0 Å². The highest BCUT2D eigenvalue weighted by molar-refractivity contribution is 5.67. The first-order valence-electron chi connectivity index (χ1n) is 6.84. The van der Waals surface area contributed by atoms with Crippen LogP contribution in [0.1, 0.15) is 31.0 Å².